The summed E-state index contributed by atoms with van der Waals surface area (Å²) < 4.78 is 1.22. The van der Waals surface area contributed by atoms with Crippen molar-refractivity contribution in [2.24, 2.45) is 0 Å². The van der Waals surface area contributed by atoms with Crippen molar-refractivity contribution in [3.8, 4) is 0 Å². The average molecular weight is 333 g/mol. The smallest absolute Gasteiger partial charge is 0.0513 e. The standard InChI is InChI=1S/C12H15Br2N/c1-2-15(10-4-5-10)12-6-3-9(8-13)7-11(12)14/h3,6-7,10H,2,4-5,8H2,1H3. The molecule has 1 fully saturated rings. The van der Waals surface area contributed by atoms with Crippen LogP contribution in [0.4, 0.5) is 5.69 Å². The second-order valence-corrected chi connectivity index (χ2v) is 5.35. The molecule has 1 aliphatic rings. The van der Waals surface area contributed by atoms with Crippen LogP contribution >= 0.6 is 31.9 Å². The maximum absolute atomic E-state index is 3.66. The zero-order valence-electron chi connectivity index (χ0n) is 8.84. The van der Waals surface area contributed by atoms with Gasteiger partial charge in [0.25, 0.3) is 0 Å². The molecular formula is C12H15Br2N. The van der Waals surface area contributed by atoms with Crippen LogP contribution < -0.4 is 4.90 Å². The van der Waals surface area contributed by atoms with E-state index in [-0.39, 0.29) is 0 Å². The molecule has 0 N–H and O–H groups in total. The van der Waals surface area contributed by atoms with E-state index in [0.29, 0.717) is 0 Å². The molecule has 0 amide bonds. The Kier molecular flexibility index (Phi) is 3.73. The third kappa shape index (κ3) is 2.56. The van der Waals surface area contributed by atoms with E-state index >= 15 is 0 Å². The SMILES string of the molecule is CCN(c1ccc(CBr)cc1Br)C1CC1. The molecule has 1 nitrogen and oxygen atoms in total. The molecule has 0 aromatic heterocycles. The second-order valence-electron chi connectivity index (χ2n) is 3.94. The van der Waals surface area contributed by atoms with E-state index in [2.05, 4.69) is 61.9 Å². The van der Waals surface area contributed by atoms with E-state index < -0.39 is 0 Å². The van der Waals surface area contributed by atoms with E-state index in [1.807, 2.05) is 0 Å². The van der Waals surface area contributed by atoms with Crippen molar-refractivity contribution in [2.45, 2.75) is 31.1 Å². The molecule has 0 atom stereocenters. The van der Waals surface area contributed by atoms with Crippen LogP contribution in [0.15, 0.2) is 22.7 Å². The Morgan fingerprint density at radius 3 is 2.60 bits per heavy atom. The fourth-order valence-electron chi connectivity index (χ4n) is 1.88. The summed E-state index contributed by atoms with van der Waals surface area (Å²) >= 11 is 7.14. The first kappa shape index (κ1) is 11.5. The summed E-state index contributed by atoms with van der Waals surface area (Å²) in [7, 11) is 0. The molecular weight excluding hydrogens is 318 g/mol. The molecule has 0 saturated heterocycles. The first-order valence-electron chi connectivity index (χ1n) is 5.37. The number of anilines is 1. The highest BCUT2D eigenvalue weighted by Gasteiger charge is 2.28. The predicted octanol–water partition coefficient (Wildman–Crippen LogP) is 4.33. The molecule has 1 aliphatic carbocycles. The van der Waals surface area contributed by atoms with E-state index in [0.717, 1.165) is 17.9 Å². The first-order valence-corrected chi connectivity index (χ1v) is 7.28. The van der Waals surface area contributed by atoms with Crippen LogP contribution in [-0.2, 0) is 5.33 Å². The Labute approximate surface area is 108 Å². The van der Waals surface area contributed by atoms with Gasteiger partial charge in [0.15, 0.2) is 0 Å². The van der Waals surface area contributed by atoms with Crippen molar-refractivity contribution in [1.82, 2.24) is 0 Å². The van der Waals surface area contributed by atoms with Crippen molar-refractivity contribution in [3.63, 3.8) is 0 Å². The minimum atomic E-state index is 0.779. The molecule has 1 aromatic carbocycles. The van der Waals surface area contributed by atoms with Gasteiger partial charge in [-0.05, 0) is 53.4 Å². The van der Waals surface area contributed by atoms with Crippen LogP contribution in [0.1, 0.15) is 25.3 Å². The van der Waals surface area contributed by atoms with Gasteiger partial charge in [-0.15, -0.1) is 0 Å². The molecule has 0 heterocycles. The topological polar surface area (TPSA) is 3.24 Å². The number of nitrogens with zero attached hydrogens (tertiary/aromatic N) is 1. The van der Waals surface area contributed by atoms with Crippen LogP contribution in [0, 0.1) is 0 Å². The minimum Gasteiger partial charge on any atom is -0.368 e. The van der Waals surface area contributed by atoms with Gasteiger partial charge in [-0.3, -0.25) is 0 Å². The van der Waals surface area contributed by atoms with E-state index in [4.69, 9.17) is 0 Å². The Bertz CT molecular complexity index is 347. The van der Waals surface area contributed by atoms with Crippen molar-refractivity contribution in [1.29, 1.82) is 0 Å². The highest BCUT2D eigenvalue weighted by molar-refractivity contribution is 9.10. The van der Waals surface area contributed by atoms with Gasteiger partial charge in [0.05, 0.1) is 5.69 Å². The molecule has 15 heavy (non-hydrogen) atoms. The van der Waals surface area contributed by atoms with Crippen molar-refractivity contribution < 1.29 is 0 Å². The molecule has 3 heteroatoms. The highest BCUT2D eigenvalue weighted by Crippen LogP contribution is 2.36. The van der Waals surface area contributed by atoms with E-state index in [9.17, 15) is 0 Å². The van der Waals surface area contributed by atoms with Crippen molar-refractivity contribution in [3.05, 3.63) is 28.2 Å². The zero-order valence-corrected chi connectivity index (χ0v) is 12.0. The third-order valence-corrected chi connectivity index (χ3v) is 4.09. The molecule has 1 aromatic rings. The van der Waals surface area contributed by atoms with Crippen LogP contribution in [0.3, 0.4) is 0 Å². The fraction of sp³-hybridized carbons (Fsp3) is 0.500. The minimum absolute atomic E-state index is 0.779. The first-order chi connectivity index (χ1) is 7.26. The third-order valence-electron chi connectivity index (χ3n) is 2.80. The Hall–Kier alpha value is -0.0200. The van der Waals surface area contributed by atoms with Gasteiger partial charge in [-0.25, -0.2) is 0 Å². The van der Waals surface area contributed by atoms with Gasteiger partial charge in [-0.2, -0.15) is 0 Å². The van der Waals surface area contributed by atoms with Crippen LogP contribution in [0.2, 0.25) is 0 Å². The van der Waals surface area contributed by atoms with Crippen LogP contribution in [-0.4, -0.2) is 12.6 Å². The Balaban J connectivity index is 2.26. The number of alkyl halides is 1. The summed E-state index contributed by atoms with van der Waals surface area (Å²) in [6, 6.07) is 7.40. The van der Waals surface area contributed by atoms with E-state index in [1.54, 1.807) is 0 Å². The molecule has 2 rings (SSSR count). The zero-order chi connectivity index (χ0) is 10.8. The molecule has 1 saturated carbocycles. The van der Waals surface area contributed by atoms with Gasteiger partial charge in [0.2, 0.25) is 0 Å². The van der Waals surface area contributed by atoms with Gasteiger partial charge in [-0.1, -0.05) is 22.0 Å². The Morgan fingerprint density at radius 2 is 2.13 bits per heavy atom. The van der Waals surface area contributed by atoms with Crippen LogP contribution in [0.5, 0.6) is 0 Å². The summed E-state index contributed by atoms with van der Waals surface area (Å²) in [5.41, 5.74) is 2.65. The average Bonchev–Trinajstić information content (AvgIpc) is 3.05. The summed E-state index contributed by atoms with van der Waals surface area (Å²) in [6.07, 6.45) is 2.70. The van der Waals surface area contributed by atoms with Gasteiger partial charge in [0.1, 0.15) is 0 Å². The lowest BCUT2D eigenvalue weighted by Gasteiger charge is -2.24. The molecule has 0 unspecified atom stereocenters. The summed E-state index contributed by atoms with van der Waals surface area (Å²) in [5.74, 6) is 0. The number of hydrogen-bond acceptors (Lipinski definition) is 1. The van der Waals surface area contributed by atoms with Gasteiger partial charge < -0.3 is 4.90 Å². The summed E-state index contributed by atoms with van der Waals surface area (Å²) in [4.78, 5) is 2.49. The number of benzene rings is 1. The highest BCUT2D eigenvalue weighted by atomic mass is 79.9. The Morgan fingerprint density at radius 1 is 1.40 bits per heavy atom. The maximum atomic E-state index is 3.66. The van der Waals surface area contributed by atoms with Crippen molar-refractivity contribution in [2.75, 3.05) is 11.4 Å². The van der Waals surface area contributed by atoms with Crippen LogP contribution in [0.25, 0.3) is 0 Å². The monoisotopic (exact) mass is 331 g/mol. The maximum Gasteiger partial charge on any atom is 0.0513 e. The molecule has 0 bridgehead atoms. The normalized spacial score (nSPS) is 15.4. The van der Waals surface area contributed by atoms with Gasteiger partial charge >= 0.3 is 0 Å². The fourth-order valence-corrected chi connectivity index (χ4v) is 2.88. The predicted molar refractivity (Wildman–Crippen MR) is 72.8 cm³/mol. The molecule has 0 radical (unpaired) electrons. The number of hydrogen-bond donors (Lipinski definition) is 0. The van der Waals surface area contributed by atoms with E-state index in [1.165, 1.54) is 28.6 Å². The quantitative estimate of drug-likeness (QED) is 0.742. The number of rotatable bonds is 4. The summed E-state index contributed by atoms with van der Waals surface area (Å²) in [6.45, 7) is 3.32. The lowest BCUT2D eigenvalue weighted by atomic mass is 10.2. The molecule has 0 aliphatic heterocycles. The summed E-state index contributed by atoms with van der Waals surface area (Å²) in [5, 5.41) is 0.918. The lowest BCUT2D eigenvalue weighted by molar-refractivity contribution is 0.824. The largest absolute Gasteiger partial charge is 0.368 e. The van der Waals surface area contributed by atoms with Crippen molar-refractivity contribution >= 4 is 37.5 Å². The lowest BCUT2D eigenvalue weighted by Crippen LogP contribution is -2.25. The molecule has 82 valence electrons. The van der Waals surface area contributed by atoms with Gasteiger partial charge in [0, 0.05) is 22.4 Å². The molecule has 0 spiro atoms. The second kappa shape index (κ2) is 4.88. The number of halogens is 2.